The Morgan fingerprint density at radius 3 is 1.80 bits per heavy atom. The molecule has 0 atom stereocenters. The highest BCUT2D eigenvalue weighted by molar-refractivity contribution is 6.00. The molecule has 0 saturated carbocycles. The van der Waals surface area contributed by atoms with Gasteiger partial charge in [-0.2, -0.15) is 0 Å². The molecule has 0 bridgehead atoms. The molecule has 0 N–H and O–H groups in total. The van der Waals surface area contributed by atoms with Crippen molar-refractivity contribution >= 4 is 11.9 Å². The Kier molecular flexibility index (Phi) is 9.77. The van der Waals surface area contributed by atoms with Crippen molar-refractivity contribution in [1.82, 2.24) is 0 Å². The van der Waals surface area contributed by atoms with Gasteiger partial charge in [-0.3, -0.25) is 0 Å². The van der Waals surface area contributed by atoms with Crippen molar-refractivity contribution in [2.75, 3.05) is 13.2 Å². The zero-order valence-corrected chi connectivity index (χ0v) is 13.5. The van der Waals surface area contributed by atoms with Crippen LogP contribution >= 0.6 is 0 Å². The smallest absolute Gasteiger partial charge is 0.334 e. The third kappa shape index (κ3) is 6.73. The van der Waals surface area contributed by atoms with Crippen molar-refractivity contribution < 1.29 is 19.1 Å². The van der Waals surface area contributed by atoms with E-state index in [9.17, 15) is 9.59 Å². The topological polar surface area (TPSA) is 52.6 Å². The second-order valence-electron chi connectivity index (χ2n) is 5.10. The van der Waals surface area contributed by atoms with E-state index in [1.807, 2.05) is 13.8 Å². The van der Waals surface area contributed by atoms with E-state index in [4.69, 9.17) is 9.47 Å². The lowest BCUT2D eigenvalue weighted by molar-refractivity contribution is -0.142. The van der Waals surface area contributed by atoms with Crippen molar-refractivity contribution in [3.05, 3.63) is 11.1 Å². The van der Waals surface area contributed by atoms with E-state index in [1.165, 1.54) is 0 Å². The molecule has 0 aliphatic rings. The maximum atomic E-state index is 12.1. The predicted molar refractivity (Wildman–Crippen MR) is 79.3 cm³/mol. The zero-order chi connectivity index (χ0) is 15.5. The van der Waals surface area contributed by atoms with Crippen LogP contribution in [0.1, 0.15) is 60.3 Å². The summed E-state index contributed by atoms with van der Waals surface area (Å²) in [5.74, 6) is -0.495. The van der Waals surface area contributed by atoms with Crippen LogP contribution in [0.2, 0.25) is 0 Å². The van der Waals surface area contributed by atoms with Crippen LogP contribution in [-0.2, 0) is 19.1 Å². The first-order valence-electron chi connectivity index (χ1n) is 7.54. The number of esters is 2. The molecule has 0 aromatic carbocycles. The monoisotopic (exact) mass is 284 g/mol. The fourth-order valence-corrected chi connectivity index (χ4v) is 1.90. The Balaban J connectivity index is 5.43. The lowest BCUT2D eigenvalue weighted by Crippen LogP contribution is -2.18. The third-order valence-electron chi connectivity index (χ3n) is 2.80. The summed E-state index contributed by atoms with van der Waals surface area (Å²) in [7, 11) is 0. The summed E-state index contributed by atoms with van der Waals surface area (Å²) in [6.45, 7) is 10.2. The Hall–Kier alpha value is -1.32. The lowest BCUT2D eigenvalue weighted by Gasteiger charge is -2.15. The molecule has 0 fully saturated rings. The number of carbonyl (C=O) groups excluding carboxylic acids is 2. The lowest BCUT2D eigenvalue weighted by atomic mass is 9.95. The van der Waals surface area contributed by atoms with Gasteiger partial charge >= 0.3 is 11.9 Å². The Bertz CT molecular complexity index is 342. The van der Waals surface area contributed by atoms with Gasteiger partial charge in [0.2, 0.25) is 0 Å². The van der Waals surface area contributed by atoms with Gasteiger partial charge in [-0.05, 0) is 39.0 Å². The van der Waals surface area contributed by atoms with Gasteiger partial charge in [0.15, 0.2) is 0 Å². The van der Waals surface area contributed by atoms with Crippen molar-refractivity contribution in [3.8, 4) is 0 Å². The second-order valence-corrected chi connectivity index (χ2v) is 5.10. The van der Waals surface area contributed by atoms with Gasteiger partial charge in [-0.1, -0.05) is 27.2 Å². The average molecular weight is 284 g/mol. The van der Waals surface area contributed by atoms with Crippen molar-refractivity contribution in [2.45, 2.75) is 60.3 Å². The van der Waals surface area contributed by atoms with Crippen LogP contribution in [0.15, 0.2) is 11.1 Å². The van der Waals surface area contributed by atoms with Crippen LogP contribution in [0, 0.1) is 5.92 Å². The first-order chi connectivity index (χ1) is 9.47. The fraction of sp³-hybridized carbons (Fsp3) is 0.750. The minimum Gasteiger partial charge on any atom is -0.463 e. The molecule has 4 heteroatoms. The van der Waals surface area contributed by atoms with Crippen LogP contribution in [-0.4, -0.2) is 25.2 Å². The molecule has 0 aromatic heterocycles. The van der Waals surface area contributed by atoms with Gasteiger partial charge in [0, 0.05) is 11.1 Å². The molecular formula is C16H28O4. The summed E-state index contributed by atoms with van der Waals surface area (Å²) in [6.07, 6.45) is 2.92. The number of unbranched alkanes of at least 4 members (excludes halogenated alkanes) is 1. The number of hydrogen-bond acceptors (Lipinski definition) is 4. The normalized spacial score (nSPS) is 12.1. The van der Waals surface area contributed by atoms with E-state index in [-0.39, 0.29) is 17.9 Å². The van der Waals surface area contributed by atoms with E-state index in [1.54, 1.807) is 13.8 Å². The molecule has 0 heterocycles. The number of rotatable bonds is 9. The molecule has 116 valence electrons. The third-order valence-corrected chi connectivity index (χ3v) is 2.80. The summed E-state index contributed by atoms with van der Waals surface area (Å²) < 4.78 is 10.2. The minimum atomic E-state index is -0.389. The zero-order valence-electron chi connectivity index (χ0n) is 13.5. The van der Waals surface area contributed by atoms with E-state index in [0.29, 0.717) is 37.2 Å². The molecule has 0 aliphatic heterocycles. The first-order valence-corrected chi connectivity index (χ1v) is 7.54. The highest BCUT2D eigenvalue weighted by Gasteiger charge is 2.23. The molecule has 20 heavy (non-hydrogen) atoms. The summed E-state index contributed by atoms with van der Waals surface area (Å²) in [5, 5.41) is 0. The molecule has 0 amide bonds. The maximum Gasteiger partial charge on any atom is 0.334 e. The quantitative estimate of drug-likeness (QED) is 0.479. The Morgan fingerprint density at radius 1 is 0.900 bits per heavy atom. The SMILES string of the molecule is CCCC/C(C(=O)OCC)=C(\CC(C)C)C(=O)OCC. The second kappa shape index (κ2) is 10.5. The van der Waals surface area contributed by atoms with Crippen LogP contribution in [0.3, 0.4) is 0 Å². The van der Waals surface area contributed by atoms with Crippen LogP contribution in [0.25, 0.3) is 0 Å². The molecule has 0 rings (SSSR count). The van der Waals surface area contributed by atoms with Gasteiger partial charge in [-0.25, -0.2) is 9.59 Å². The molecule has 0 unspecified atom stereocenters. The van der Waals surface area contributed by atoms with Gasteiger partial charge in [0.1, 0.15) is 0 Å². The molecule has 0 aliphatic carbocycles. The Morgan fingerprint density at radius 2 is 1.40 bits per heavy atom. The molecule has 4 nitrogen and oxygen atoms in total. The van der Waals surface area contributed by atoms with Crippen LogP contribution < -0.4 is 0 Å². The highest BCUT2D eigenvalue weighted by Crippen LogP contribution is 2.22. The van der Waals surface area contributed by atoms with E-state index in [0.717, 1.165) is 12.8 Å². The summed E-state index contributed by atoms with van der Waals surface area (Å²) in [6, 6.07) is 0. The largest absolute Gasteiger partial charge is 0.463 e. The summed E-state index contributed by atoms with van der Waals surface area (Å²) in [4.78, 5) is 24.2. The van der Waals surface area contributed by atoms with Gasteiger partial charge < -0.3 is 9.47 Å². The average Bonchev–Trinajstić information content (AvgIpc) is 2.38. The van der Waals surface area contributed by atoms with E-state index < -0.39 is 0 Å². The predicted octanol–water partition coefficient (Wildman–Crippen LogP) is 3.65. The summed E-state index contributed by atoms with van der Waals surface area (Å²) in [5.41, 5.74) is 0.967. The van der Waals surface area contributed by atoms with Crippen molar-refractivity contribution in [1.29, 1.82) is 0 Å². The van der Waals surface area contributed by atoms with Crippen molar-refractivity contribution in [3.63, 3.8) is 0 Å². The number of carbonyl (C=O) groups is 2. The molecule has 0 radical (unpaired) electrons. The summed E-state index contributed by atoms with van der Waals surface area (Å²) >= 11 is 0. The standard InChI is InChI=1S/C16H28O4/c1-6-9-10-13(15(17)19-7-2)14(11-12(4)5)16(18)20-8-3/h12H,6-11H2,1-5H3/b14-13-. The van der Waals surface area contributed by atoms with Crippen LogP contribution in [0.4, 0.5) is 0 Å². The van der Waals surface area contributed by atoms with Crippen LogP contribution in [0.5, 0.6) is 0 Å². The van der Waals surface area contributed by atoms with Gasteiger partial charge in [0.05, 0.1) is 13.2 Å². The number of hydrogen-bond donors (Lipinski definition) is 0. The molecular weight excluding hydrogens is 256 g/mol. The molecule has 0 saturated heterocycles. The fourth-order valence-electron chi connectivity index (χ4n) is 1.90. The maximum absolute atomic E-state index is 12.1. The van der Waals surface area contributed by atoms with E-state index in [2.05, 4.69) is 6.92 Å². The molecule has 0 spiro atoms. The molecule has 0 aromatic rings. The van der Waals surface area contributed by atoms with Gasteiger partial charge in [0.25, 0.3) is 0 Å². The Labute approximate surface area is 122 Å². The highest BCUT2D eigenvalue weighted by atomic mass is 16.5. The van der Waals surface area contributed by atoms with Gasteiger partial charge in [-0.15, -0.1) is 0 Å². The number of ether oxygens (including phenoxy) is 2. The van der Waals surface area contributed by atoms with E-state index >= 15 is 0 Å². The van der Waals surface area contributed by atoms with Crippen molar-refractivity contribution in [2.24, 2.45) is 5.92 Å². The first kappa shape index (κ1) is 18.7. The minimum absolute atomic E-state index is 0.278.